The van der Waals surface area contributed by atoms with Gasteiger partial charge in [0.1, 0.15) is 6.04 Å². The van der Waals surface area contributed by atoms with E-state index in [0.29, 0.717) is 22.7 Å². The lowest BCUT2D eigenvalue weighted by Gasteiger charge is -2.32. The van der Waals surface area contributed by atoms with Gasteiger partial charge in [0.25, 0.3) is 0 Å². The summed E-state index contributed by atoms with van der Waals surface area (Å²) in [5.74, 6) is -0.467. The number of benzene rings is 3. The highest BCUT2D eigenvalue weighted by Gasteiger charge is 2.31. The molecule has 0 unspecified atom stereocenters. The van der Waals surface area contributed by atoms with Gasteiger partial charge in [-0.15, -0.1) is 0 Å². The van der Waals surface area contributed by atoms with Crippen molar-refractivity contribution in [3.63, 3.8) is 0 Å². The summed E-state index contributed by atoms with van der Waals surface area (Å²) >= 11 is 9.71. The molecular formula is C31H37BrClN3O4S. The highest BCUT2D eigenvalue weighted by atomic mass is 79.9. The summed E-state index contributed by atoms with van der Waals surface area (Å²) in [5, 5.41) is 3.45. The van der Waals surface area contributed by atoms with Gasteiger partial charge in [-0.1, -0.05) is 76.1 Å². The summed E-state index contributed by atoms with van der Waals surface area (Å²) < 4.78 is 27.6. The first-order chi connectivity index (χ1) is 19.4. The third-order valence-electron chi connectivity index (χ3n) is 6.63. The zero-order chi connectivity index (χ0) is 30.2. The first-order valence-electron chi connectivity index (χ1n) is 13.5. The molecule has 0 saturated carbocycles. The molecule has 0 radical (unpaired) electrons. The van der Waals surface area contributed by atoms with E-state index in [1.54, 1.807) is 30.0 Å². The van der Waals surface area contributed by atoms with Crippen molar-refractivity contribution in [1.29, 1.82) is 0 Å². The Hall–Kier alpha value is -2.88. The lowest BCUT2D eigenvalue weighted by atomic mass is 10.0. The van der Waals surface area contributed by atoms with Gasteiger partial charge in [0.2, 0.25) is 21.8 Å². The van der Waals surface area contributed by atoms with Gasteiger partial charge in [0.05, 0.1) is 11.9 Å². The molecule has 1 N–H and O–H groups in total. The molecule has 7 nitrogen and oxygen atoms in total. The number of hydrogen-bond acceptors (Lipinski definition) is 4. The summed E-state index contributed by atoms with van der Waals surface area (Å²) in [5.41, 5.74) is 2.95. The molecule has 1 atom stereocenters. The average molecular weight is 663 g/mol. The average Bonchev–Trinajstić information content (AvgIpc) is 2.91. The number of sulfonamides is 1. The van der Waals surface area contributed by atoms with E-state index in [-0.39, 0.29) is 43.8 Å². The van der Waals surface area contributed by atoms with Crippen molar-refractivity contribution in [2.75, 3.05) is 17.1 Å². The fourth-order valence-corrected chi connectivity index (χ4v) is 6.02. The van der Waals surface area contributed by atoms with Crippen molar-refractivity contribution in [3.05, 3.63) is 99.0 Å². The number of amides is 2. The SMILES string of the molecule is Cc1c(Cl)cccc1N(CCCC(=O)N(Cc1ccc(Br)cc1)[C@@H](Cc1ccccc1)C(=O)NC(C)C)S(C)(=O)=O. The lowest BCUT2D eigenvalue weighted by molar-refractivity contribution is -0.141. The number of anilines is 1. The molecule has 0 fully saturated rings. The number of hydrogen-bond donors (Lipinski definition) is 1. The zero-order valence-corrected chi connectivity index (χ0v) is 27.0. The molecule has 41 heavy (non-hydrogen) atoms. The Morgan fingerprint density at radius 1 is 0.951 bits per heavy atom. The van der Waals surface area contributed by atoms with E-state index in [0.717, 1.165) is 21.9 Å². The van der Waals surface area contributed by atoms with Gasteiger partial charge >= 0.3 is 0 Å². The maximum atomic E-state index is 13.9. The molecular weight excluding hydrogens is 626 g/mol. The van der Waals surface area contributed by atoms with Crippen molar-refractivity contribution >= 4 is 55.1 Å². The van der Waals surface area contributed by atoms with Crippen LogP contribution in [-0.4, -0.2) is 50.0 Å². The van der Waals surface area contributed by atoms with Crippen molar-refractivity contribution in [1.82, 2.24) is 10.2 Å². The molecule has 0 aromatic heterocycles. The van der Waals surface area contributed by atoms with E-state index < -0.39 is 16.1 Å². The first-order valence-corrected chi connectivity index (χ1v) is 16.5. The highest BCUT2D eigenvalue weighted by Crippen LogP contribution is 2.28. The number of halogens is 2. The van der Waals surface area contributed by atoms with E-state index in [4.69, 9.17) is 11.6 Å². The van der Waals surface area contributed by atoms with Gasteiger partial charge in [-0.25, -0.2) is 8.42 Å². The smallest absolute Gasteiger partial charge is 0.243 e. The normalized spacial score (nSPS) is 12.2. The van der Waals surface area contributed by atoms with Crippen LogP contribution in [0, 0.1) is 6.92 Å². The van der Waals surface area contributed by atoms with Crippen molar-refractivity contribution in [2.24, 2.45) is 0 Å². The van der Waals surface area contributed by atoms with Crippen LogP contribution >= 0.6 is 27.5 Å². The van der Waals surface area contributed by atoms with Crippen molar-refractivity contribution in [2.45, 2.75) is 58.7 Å². The molecule has 0 bridgehead atoms. The largest absolute Gasteiger partial charge is 0.352 e. The molecule has 2 amide bonds. The van der Waals surface area contributed by atoms with E-state index in [1.165, 1.54) is 4.31 Å². The standard InChI is InChI=1S/C31H37BrClN3O4S/c1-22(2)34-31(38)29(20-24-10-6-5-7-11-24)35(21-25-15-17-26(32)18-16-25)30(37)14-9-19-36(41(4,39)40)28-13-8-12-27(33)23(28)3/h5-8,10-13,15-18,22,29H,9,14,19-21H2,1-4H3,(H,34,38)/t29-/m0/s1. The third-order valence-corrected chi connectivity index (χ3v) is 8.75. The molecule has 3 aromatic rings. The van der Waals surface area contributed by atoms with Crippen molar-refractivity contribution < 1.29 is 18.0 Å². The second-order valence-corrected chi connectivity index (χ2v) is 13.6. The number of rotatable bonds is 13. The molecule has 3 rings (SSSR count). The van der Waals surface area contributed by atoms with Gasteiger partial charge in [0, 0.05) is 41.5 Å². The fourth-order valence-electron chi connectivity index (χ4n) is 4.57. The topological polar surface area (TPSA) is 86.8 Å². The van der Waals surface area contributed by atoms with Crippen LogP contribution in [0.5, 0.6) is 0 Å². The Morgan fingerprint density at radius 2 is 1.61 bits per heavy atom. The van der Waals surface area contributed by atoms with Gasteiger partial charge in [-0.3, -0.25) is 13.9 Å². The monoisotopic (exact) mass is 661 g/mol. The number of nitrogens with zero attached hydrogens (tertiary/aromatic N) is 2. The second kappa shape index (κ2) is 14.8. The minimum absolute atomic E-state index is 0.0579. The Morgan fingerprint density at radius 3 is 2.22 bits per heavy atom. The minimum Gasteiger partial charge on any atom is -0.352 e. The zero-order valence-electron chi connectivity index (χ0n) is 23.8. The number of carbonyl (C=O) groups excluding carboxylic acids is 2. The molecule has 0 aliphatic rings. The van der Waals surface area contributed by atoms with Crippen LogP contribution < -0.4 is 9.62 Å². The van der Waals surface area contributed by atoms with E-state index >= 15 is 0 Å². The summed E-state index contributed by atoms with van der Waals surface area (Å²) in [6, 6.07) is 21.5. The Bertz CT molecular complexity index is 1430. The summed E-state index contributed by atoms with van der Waals surface area (Å²) in [4.78, 5) is 29.0. The van der Waals surface area contributed by atoms with E-state index in [9.17, 15) is 18.0 Å². The quantitative estimate of drug-likeness (QED) is 0.239. The minimum atomic E-state index is -3.63. The van der Waals surface area contributed by atoms with E-state index in [1.807, 2.05) is 68.4 Å². The van der Waals surface area contributed by atoms with Crippen LogP contribution in [0.15, 0.2) is 77.3 Å². The van der Waals surface area contributed by atoms with Crippen LogP contribution in [0.25, 0.3) is 0 Å². The molecule has 0 aliphatic heterocycles. The fraction of sp³-hybridized carbons (Fsp3) is 0.355. The van der Waals surface area contributed by atoms with Crippen LogP contribution in [-0.2, 0) is 32.6 Å². The van der Waals surface area contributed by atoms with Gasteiger partial charge in [-0.2, -0.15) is 0 Å². The Kier molecular flexibility index (Phi) is 11.8. The molecule has 3 aromatic carbocycles. The predicted molar refractivity (Wildman–Crippen MR) is 170 cm³/mol. The highest BCUT2D eigenvalue weighted by molar-refractivity contribution is 9.10. The molecule has 0 spiro atoms. The summed E-state index contributed by atoms with van der Waals surface area (Å²) in [6.07, 6.45) is 1.81. The third kappa shape index (κ3) is 9.58. The molecule has 0 heterocycles. The van der Waals surface area contributed by atoms with Crippen LogP contribution in [0.3, 0.4) is 0 Å². The van der Waals surface area contributed by atoms with Gasteiger partial charge in [0.15, 0.2) is 0 Å². The molecule has 10 heteroatoms. The Labute approximate surface area is 257 Å². The molecule has 220 valence electrons. The molecule has 0 aliphatic carbocycles. The van der Waals surface area contributed by atoms with E-state index in [2.05, 4.69) is 21.2 Å². The maximum Gasteiger partial charge on any atom is 0.243 e. The van der Waals surface area contributed by atoms with Crippen LogP contribution in [0.4, 0.5) is 5.69 Å². The van der Waals surface area contributed by atoms with Crippen LogP contribution in [0.2, 0.25) is 5.02 Å². The number of carbonyl (C=O) groups is 2. The number of nitrogens with one attached hydrogen (secondary N) is 1. The Balaban J connectivity index is 1.89. The summed E-state index contributed by atoms with van der Waals surface area (Å²) in [6.45, 7) is 5.87. The van der Waals surface area contributed by atoms with Gasteiger partial charge in [-0.05, 0) is 68.1 Å². The predicted octanol–water partition coefficient (Wildman–Crippen LogP) is 6.12. The summed E-state index contributed by atoms with van der Waals surface area (Å²) in [7, 11) is -3.63. The van der Waals surface area contributed by atoms with Crippen molar-refractivity contribution in [3.8, 4) is 0 Å². The second-order valence-electron chi connectivity index (χ2n) is 10.3. The van der Waals surface area contributed by atoms with Crippen LogP contribution in [0.1, 0.15) is 43.4 Å². The molecule has 0 saturated heterocycles. The maximum absolute atomic E-state index is 13.9. The lowest BCUT2D eigenvalue weighted by Crippen LogP contribution is -2.51. The first kappa shape index (κ1) is 32.6. The van der Waals surface area contributed by atoms with Gasteiger partial charge < -0.3 is 10.2 Å².